The number of ether oxygens (including phenoxy) is 1. The van der Waals surface area contributed by atoms with Gasteiger partial charge in [0.05, 0.1) is 0 Å². The quantitative estimate of drug-likeness (QED) is 0.454. The van der Waals surface area contributed by atoms with E-state index < -0.39 is 0 Å². The average molecular weight is 462 g/mol. The minimum atomic E-state index is 0. The summed E-state index contributed by atoms with van der Waals surface area (Å²) in [6.45, 7) is 3.95. The zero-order valence-electron chi connectivity index (χ0n) is 9.59. The topological polar surface area (TPSA) is 9.23 Å². The Labute approximate surface area is 141 Å². The van der Waals surface area contributed by atoms with Crippen molar-refractivity contribution in [3.8, 4) is 0 Å². The van der Waals surface area contributed by atoms with E-state index in [1.165, 1.54) is 10.8 Å². The van der Waals surface area contributed by atoms with E-state index in [1.807, 2.05) is 0 Å². The minimum Gasteiger partial charge on any atom is -0.417 e. The third kappa shape index (κ3) is 10.2. The Morgan fingerprint density at radius 3 is 2.12 bits per heavy atom. The number of rotatable bonds is 1. The van der Waals surface area contributed by atoms with Crippen molar-refractivity contribution in [1.82, 2.24) is 0 Å². The summed E-state index contributed by atoms with van der Waals surface area (Å²) in [5, 5.41) is 2.66. The molecule has 0 fully saturated rings. The molecule has 98 valence electrons. The molecule has 2 aromatic carbocycles. The fraction of sp³-hybridized carbons (Fsp3) is 0.167. The van der Waals surface area contributed by atoms with Gasteiger partial charge >= 0.3 is 0 Å². The molecule has 0 amide bonds. The molecule has 0 aromatic heterocycles. The van der Waals surface area contributed by atoms with E-state index in [9.17, 15) is 0 Å². The molecule has 0 N–H and O–H groups in total. The normalized spacial score (nSPS) is 7.18. The van der Waals surface area contributed by atoms with Crippen molar-refractivity contribution in [2.24, 2.45) is 0 Å². The molecule has 0 bridgehead atoms. The molecule has 0 spiro atoms. The monoisotopic (exact) mass is 462 g/mol. The molecular formula is C12H17Cl3HfO-2. The predicted octanol–water partition coefficient (Wildman–Crippen LogP) is 4.29. The number of fused-ring (bicyclic) bond motifs is 1. The summed E-state index contributed by atoms with van der Waals surface area (Å²) in [5.41, 5.74) is 0. The van der Waals surface area contributed by atoms with Crippen LogP contribution in [0.5, 0.6) is 0 Å². The van der Waals surface area contributed by atoms with Crippen LogP contribution in [0, 0.1) is 6.92 Å². The molecule has 0 aliphatic rings. The van der Waals surface area contributed by atoms with Crippen LogP contribution in [0.3, 0.4) is 0 Å². The SMILES string of the molecule is Cl.Cl.Cl.[CH2-]COC.[Hf].c1ccc2[cH-]ccc2c1. The van der Waals surface area contributed by atoms with E-state index >= 15 is 0 Å². The number of hydrogen-bond donors (Lipinski definition) is 0. The first-order chi connectivity index (χ1) is 6.38. The van der Waals surface area contributed by atoms with E-state index in [1.54, 1.807) is 7.11 Å². The molecular weight excluding hydrogens is 445 g/mol. The molecule has 0 saturated carbocycles. The summed E-state index contributed by atoms with van der Waals surface area (Å²) in [6.07, 6.45) is 0. The summed E-state index contributed by atoms with van der Waals surface area (Å²) in [6, 6.07) is 14.7. The van der Waals surface area contributed by atoms with E-state index in [0.717, 1.165) is 0 Å². The predicted molar refractivity (Wildman–Crippen MR) is 78.5 cm³/mol. The van der Waals surface area contributed by atoms with Gasteiger partial charge in [0.2, 0.25) is 0 Å². The van der Waals surface area contributed by atoms with Gasteiger partial charge in [-0.25, -0.2) is 0 Å². The summed E-state index contributed by atoms with van der Waals surface area (Å²) >= 11 is 0. The van der Waals surface area contributed by atoms with E-state index in [0.29, 0.717) is 6.61 Å². The van der Waals surface area contributed by atoms with Crippen LogP contribution in [-0.2, 0) is 30.6 Å². The molecule has 0 saturated heterocycles. The van der Waals surface area contributed by atoms with Crippen molar-refractivity contribution >= 4 is 48.0 Å². The zero-order valence-corrected chi connectivity index (χ0v) is 15.6. The van der Waals surface area contributed by atoms with Gasteiger partial charge in [-0.3, -0.25) is 0 Å². The Hall–Kier alpha value is 0.530. The Morgan fingerprint density at radius 2 is 1.65 bits per heavy atom. The standard InChI is InChI=1S/C9H7.C3H7O.3ClH.Hf/c1-2-5-9-7-3-6-8(9)4-1;1-3-4-2;;;;/h1-7H;1,3H2,2H3;3*1H;/q2*-1;;;;. The van der Waals surface area contributed by atoms with Crippen molar-refractivity contribution in [2.45, 2.75) is 0 Å². The smallest absolute Gasteiger partial charge is 0.0319 e. The van der Waals surface area contributed by atoms with Gasteiger partial charge in [-0.2, -0.15) is 17.5 Å². The maximum Gasteiger partial charge on any atom is 0.0319 e. The van der Waals surface area contributed by atoms with Gasteiger partial charge in [0.15, 0.2) is 0 Å². The Balaban J connectivity index is -0.0000000962. The van der Waals surface area contributed by atoms with Gasteiger partial charge < -0.3 is 11.7 Å². The van der Waals surface area contributed by atoms with Gasteiger partial charge in [0.1, 0.15) is 0 Å². The second kappa shape index (κ2) is 16.5. The third-order valence-electron chi connectivity index (χ3n) is 1.75. The molecule has 1 nitrogen and oxygen atoms in total. The Kier molecular flexibility index (Phi) is 25.4. The fourth-order valence-electron chi connectivity index (χ4n) is 1.07. The van der Waals surface area contributed by atoms with Crippen LogP contribution in [0.2, 0.25) is 0 Å². The van der Waals surface area contributed by atoms with Crippen LogP contribution < -0.4 is 0 Å². The van der Waals surface area contributed by atoms with Crippen LogP contribution in [0.15, 0.2) is 42.5 Å². The van der Waals surface area contributed by atoms with Crippen molar-refractivity contribution in [1.29, 1.82) is 0 Å². The Bertz CT molecular complexity index is 320. The summed E-state index contributed by atoms with van der Waals surface area (Å²) in [7, 11) is 1.62. The second-order valence-electron chi connectivity index (χ2n) is 2.65. The average Bonchev–Trinajstić information content (AvgIpc) is 2.66. The molecule has 2 rings (SSSR count). The molecule has 0 unspecified atom stereocenters. The fourth-order valence-corrected chi connectivity index (χ4v) is 1.07. The van der Waals surface area contributed by atoms with Crippen molar-refractivity contribution in [2.75, 3.05) is 13.7 Å². The first-order valence-electron chi connectivity index (χ1n) is 4.27. The summed E-state index contributed by atoms with van der Waals surface area (Å²) < 4.78 is 4.43. The molecule has 0 heterocycles. The van der Waals surface area contributed by atoms with Crippen molar-refractivity contribution in [3.63, 3.8) is 0 Å². The molecule has 0 aliphatic heterocycles. The van der Waals surface area contributed by atoms with Crippen LogP contribution in [0.4, 0.5) is 0 Å². The second-order valence-corrected chi connectivity index (χ2v) is 2.65. The maximum atomic E-state index is 4.43. The number of hydrogen-bond acceptors (Lipinski definition) is 1. The largest absolute Gasteiger partial charge is 0.417 e. The zero-order chi connectivity index (χ0) is 9.52. The summed E-state index contributed by atoms with van der Waals surface area (Å²) in [4.78, 5) is 0. The number of methoxy groups -OCH3 is 1. The van der Waals surface area contributed by atoms with Crippen molar-refractivity contribution < 1.29 is 30.6 Å². The van der Waals surface area contributed by atoms with Gasteiger partial charge in [-0.1, -0.05) is 12.7 Å². The van der Waals surface area contributed by atoms with E-state index in [4.69, 9.17) is 0 Å². The van der Waals surface area contributed by atoms with Gasteiger partial charge in [0, 0.05) is 33.0 Å². The van der Waals surface area contributed by atoms with Crippen molar-refractivity contribution in [3.05, 3.63) is 49.4 Å². The third-order valence-corrected chi connectivity index (χ3v) is 1.75. The number of halogens is 3. The summed E-state index contributed by atoms with van der Waals surface area (Å²) in [5.74, 6) is 0. The maximum absolute atomic E-state index is 4.43. The molecule has 0 radical (unpaired) electrons. The van der Waals surface area contributed by atoms with Gasteiger partial charge in [-0.15, -0.1) is 66.9 Å². The minimum absolute atomic E-state index is 0. The molecule has 2 aromatic rings. The molecule has 17 heavy (non-hydrogen) atoms. The van der Waals surface area contributed by atoms with Crippen LogP contribution >= 0.6 is 37.2 Å². The van der Waals surface area contributed by atoms with Crippen LogP contribution in [0.1, 0.15) is 0 Å². The van der Waals surface area contributed by atoms with Crippen LogP contribution in [0.25, 0.3) is 10.8 Å². The molecule has 5 heteroatoms. The van der Waals surface area contributed by atoms with E-state index in [-0.39, 0.29) is 63.1 Å². The Morgan fingerprint density at radius 1 is 1.12 bits per heavy atom. The van der Waals surface area contributed by atoms with Crippen LogP contribution in [-0.4, -0.2) is 13.7 Å². The van der Waals surface area contributed by atoms with Gasteiger partial charge in [0.25, 0.3) is 0 Å². The molecule has 0 atom stereocenters. The first-order valence-corrected chi connectivity index (χ1v) is 4.27. The molecule has 0 aliphatic carbocycles. The first kappa shape index (κ1) is 26.2. The van der Waals surface area contributed by atoms with E-state index in [2.05, 4.69) is 54.1 Å². The number of benzene rings is 1. The van der Waals surface area contributed by atoms with Gasteiger partial charge in [-0.05, 0) is 0 Å².